The number of hydrogen-bond donors (Lipinski definition) is 2. The van der Waals surface area contributed by atoms with Crippen LogP contribution in [0.2, 0.25) is 5.02 Å². The van der Waals surface area contributed by atoms with E-state index in [-0.39, 0.29) is 11.1 Å². The number of aliphatic hydroxyl groups excluding tert-OH is 1. The van der Waals surface area contributed by atoms with E-state index in [1.54, 1.807) is 0 Å². The molecular weight excluding hydrogens is 267 g/mol. The molecule has 1 aromatic carbocycles. The lowest BCUT2D eigenvalue weighted by Gasteiger charge is -2.19. The van der Waals surface area contributed by atoms with Gasteiger partial charge in [0, 0.05) is 10.7 Å². The lowest BCUT2D eigenvalue weighted by atomic mass is 10.1. The second-order valence-electron chi connectivity index (χ2n) is 4.48. The summed E-state index contributed by atoms with van der Waals surface area (Å²) in [6, 6.07) is 3.13. The highest BCUT2D eigenvalue weighted by Gasteiger charge is 2.32. The lowest BCUT2D eigenvalue weighted by Crippen LogP contribution is -2.28. The van der Waals surface area contributed by atoms with Crippen molar-refractivity contribution < 1.29 is 18.3 Å². The molecule has 1 aliphatic carbocycles. The van der Waals surface area contributed by atoms with Gasteiger partial charge < -0.3 is 10.4 Å². The highest BCUT2D eigenvalue weighted by atomic mass is 35.5. The fourth-order valence-corrected chi connectivity index (χ4v) is 2.39. The van der Waals surface area contributed by atoms with Crippen LogP contribution in [0.3, 0.4) is 0 Å². The molecule has 1 aromatic rings. The third-order valence-corrected chi connectivity index (χ3v) is 3.27. The van der Waals surface area contributed by atoms with Crippen LogP contribution in [0.25, 0.3) is 0 Å². The second kappa shape index (κ2) is 4.97. The molecule has 1 fully saturated rings. The topological polar surface area (TPSA) is 32.3 Å². The number of rotatable bonds is 2. The van der Waals surface area contributed by atoms with Crippen LogP contribution < -0.4 is 5.32 Å². The summed E-state index contributed by atoms with van der Waals surface area (Å²) >= 11 is 5.68. The largest absolute Gasteiger partial charge is 0.416 e. The molecule has 0 spiro atoms. The Labute approximate surface area is 108 Å². The van der Waals surface area contributed by atoms with E-state index in [0.29, 0.717) is 12.1 Å². The van der Waals surface area contributed by atoms with Gasteiger partial charge in [-0.15, -0.1) is 0 Å². The molecule has 1 aliphatic rings. The zero-order valence-corrected chi connectivity index (χ0v) is 10.2. The first-order valence-corrected chi connectivity index (χ1v) is 6.06. The summed E-state index contributed by atoms with van der Waals surface area (Å²) in [7, 11) is 0. The number of hydrogen-bond acceptors (Lipinski definition) is 2. The molecule has 0 bridgehead atoms. The maximum absolute atomic E-state index is 12.6. The predicted molar refractivity (Wildman–Crippen MR) is 63.7 cm³/mol. The maximum Gasteiger partial charge on any atom is 0.416 e. The van der Waals surface area contributed by atoms with Crippen molar-refractivity contribution in [3.05, 3.63) is 28.8 Å². The van der Waals surface area contributed by atoms with Crippen LogP contribution >= 0.6 is 11.6 Å². The van der Waals surface area contributed by atoms with Gasteiger partial charge in [0.2, 0.25) is 0 Å². The van der Waals surface area contributed by atoms with Gasteiger partial charge in [0.05, 0.1) is 17.7 Å². The van der Waals surface area contributed by atoms with E-state index in [1.165, 1.54) is 6.07 Å². The van der Waals surface area contributed by atoms with Crippen molar-refractivity contribution >= 4 is 17.3 Å². The molecule has 0 radical (unpaired) electrons. The van der Waals surface area contributed by atoms with Crippen LogP contribution in [0.15, 0.2) is 18.2 Å². The molecule has 0 aromatic heterocycles. The Morgan fingerprint density at radius 2 is 1.94 bits per heavy atom. The summed E-state index contributed by atoms with van der Waals surface area (Å²) in [5.41, 5.74) is -0.495. The zero-order valence-electron chi connectivity index (χ0n) is 9.47. The normalized spacial score (nSPS) is 24.3. The van der Waals surface area contributed by atoms with Crippen LogP contribution in [0.5, 0.6) is 0 Å². The van der Waals surface area contributed by atoms with Crippen molar-refractivity contribution in [1.82, 2.24) is 0 Å². The van der Waals surface area contributed by atoms with Gasteiger partial charge in [0.15, 0.2) is 0 Å². The first-order valence-electron chi connectivity index (χ1n) is 5.68. The van der Waals surface area contributed by atoms with Crippen molar-refractivity contribution in [1.29, 1.82) is 0 Å². The Balaban J connectivity index is 2.20. The monoisotopic (exact) mass is 279 g/mol. The first-order chi connectivity index (χ1) is 8.36. The fourth-order valence-electron chi connectivity index (χ4n) is 2.16. The van der Waals surface area contributed by atoms with Crippen molar-refractivity contribution in [3.63, 3.8) is 0 Å². The number of alkyl halides is 3. The van der Waals surface area contributed by atoms with Gasteiger partial charge in [-0.25, -0.2) is 0 Å². The van der Waals surface area contributed by atoms with Gasteiger partial charge >= 0.3 is 6.18 Å². The van der Waals surface area contributed by atoms with Gasteiger partial charge in [-0.05, 0) is 37.5 Å². The first kappa shape index (κ1) is 13.5. The van der Waals surface area contributed by atoms with E-state index in [2.05, 4.69) is 5.32 Å². The van der Waals surface area contributed by atoms with Gasteiger partial charge in [-0.1, -0.05) is 11.6 Å². The molecule has 0 amide bonds. The predicted octanol–water partition coefficient (Wildman–Crippen LogP) is 3.68. The molecule has 18 heavy (non-hydrogen) atoms. The third kappa shape index (κ3) is 3.09. The molecule has 0 saturated heterocycles. The number of anilines is 1. The van der Waals surface area contributed by atoms with Gasteiger partial charge in [0.25, 0.3) is 0 Å². The van der Waals surface area contributed by atoms with Crippen molar-refractivity contribution in [3.8, 4) is 0 Å². The van der Waals surface area contributed by atoms with Gasteiger partial charge in [-0.3, -0.25) is 0 Å². The van der Waals surface area contributed by atoms with Crippen molar-refractivity contribution in [2.45, 2.75) is 37.6 Å². The Morgan fingerprint density at radius 1 is 1.22 bits per heavy atom. The SMILES string of the molecule is OC1CCCC1Nc1cc(Cl)cc(C(F)(F)F)c1. The summed E-state index contributed by atoms with van der Waals surface area (Å²) in [6.07, 6.45) is -2.65. The number of aliphatic hydroxyl groups is 1. The Kier molecular flexibility index (Phi) is 3.73. The van der Waals surface area contributed by atoms with Crippen LogP contribution in [0.4, 0.5) is 18.9 Å². The maximum atomic E-state index is 12.6. The van der Waals surface area contributed by atoms with Crippen molar-refractivity contribution in [2.24, 2.45) is 0 Å². The third-order valence-electron chi connectivity index (χ3n) is 3.06. The van der Waals surface area contributed by atoms with Crippen LogP contribution in [-0.4, -0.2) is 17.3 Å². The summed E-state index contributed by atoms with van der Waals surface area (Å²) in [5, 5.41) is 12.6. The minimum atomic E-state index is -4.42. The summed E-state index contributed by atoms with van der Waals surface area (Å²) < 4.78 is 37.8. The summed E-state index contributed by atoms with van der Waals surface area (Å²) in [5.74, 6) is 0. The molecular formula is C12H13ClF3NO. The number of halogens is 4. The van der Waals surface area contributed by atoms with Gasteiger partial charge in [0.1, 0.15) is 0 Å². The van der Waals surface area contributed by atoms with E-state index in [0.717, 1.165) is 25.0 Å². The Morgan fingerprint density at radius 3 is 2.50 bits per heavy atom. The summed E-state index contributed by atoms with van der Waals surface area (Å²) in [6.45, 7) is 0. The second-order valence-corrected chi connectivity index (χ2v) is 4.91. The highest BCUT2D eigenvalue weighted by molar-refractivity contribution is 6.30. The number of benzene rings is 1. The van der Waals surface area contributed by atoms with Crippen LogP contribution in [0, 0.1) is 0 Å². The average Bonchev–Trinajstić information content (AvgIpc) is 2.62. The molecule has 2 unspecified atom stereocenters. The quantitative estimate of drug-likeness (QED) is 0.865. The van der Waals surface area contributed by atoms with E-state index < -0.39 is 17.8 Å². The molecule has 2 rings (SSSR count). The van der Waals surface area contributed by atoms with Gasteiger partial charge in [-0.2, -0.15) is 13.2 Å². The van der Waals surface area contributed by atoms with E-state index in [4.69, 9.17) is 11.6 Å². The zero-order chi connectivity index (χ0) is 13.3. The minimum absolute atomic E-state index is 0.0276. The number of nitrogens with one attached hydrogen (secondary N) is 1. The Bertz CT molecular complexity index is 436. The fraction of sp³-hybridized carbons (Fsp3) is 0.500. The summed E-state index contributed by atoms with van der Waals surface area (Å²) in [4.78, 5) is 0. The van der Waals surface area contributed by atoms with Crippen LogP contribution in [0.1, 0.15) is 24.8 Å². The van der Waals surface area contributed by atoms with E-state index in [1.807, 2.05) is 0 Å². The highest BCUT2D eigenvalue weighted by Crippen LogP contribution is 2.34. The molecule has 1 saturated carbocycles. The Hall–Kier alpha value is -0.940. The average molecular weight is 280 g/mol. The standard InChI is InChI=1S/C12H13ClF3NO/c13-8-4-7(12(14,15)16)5-9(6-8)17-10-2-1-3-11(10)18/h4-6,10-11,17-18H,1-3H2. The van der Waals surface area contributed by atoms with Crippen molar-refractivity contribution in [2.75, 3.05) is 5.32 Å². The molecule has 100 valence electrons. The lowest BCUT2D eigenvalue weighted by molar-refractivity contribution is -0.137. The van der Waals surface area contributed by atoms with E-state index in [9.17, 15) is 18.3 Å². The molecule has 0 aliphatic heterocycles. The van der Waals surface area contributed by atoms with Crippen LogP contribution in [-0.2, 0) is 6.18 Å². The minimum Gasteiger partial charge on any atom is -0.391 e. The molecule has 2 atom stereocenters. The molecule has 6 heteroatoms. The van der Waals surface area contributed by atoms with E-state index >= 15 is 0 Å². The molecule has 2 N–H and O–H groups in total. The molecule has 2 nitrogen and oxygen atoms in total. The smallest absolute Gasteiger partial charge is 0.391 e. The molecule has 0 heterocycles.